The topological polar surface area (TPSA) is 44.1 Å². The Balaban J connectivity index is 2.04. The van der Waals surface area contributed by atoms with E-state index in [1.54, 1.807) is 0 Å². The van der Waals surface area contributed by atoms with E-state index in [1.807, 2.05) is 0 Å². The highest BCUT2D eigenvalue weighted by Gasteiger charge is 2.17. The zero-order chi connectivity index (χ0) is 10.2. The summed E-state index contributed by atoms with van der Waals surface area (Å²) in [6.45, 7) is 3.19. The third-order valence-electron chi connectivity index (χ3n) is 2.84. The Labute approximate surface area is 85.7 Å². The molecule has 1 rings (SSSR count). The van der Waals surface area contributed by atoms with Gasteiger partial charge in [-0.05, 0) is 45.3 Å². The lowest BCUT2D eigenvalue weighted by Gasteiger charge is -2.29. The first-order chi connectivity index (χ1) is 6.86. The Morgan fingerprint density at radius 1 is 1.36 bits per heavy atom. The minimum absolute atomic E-state index is 0.297. The number of likely N-dealkylation sites (tertiary alicyclic amines) is 1. The number of carbonyl (C=O) groups excluding carboxylic acids is 1. The number of hydrogen-bond acceptors (Lipinski definition) is 3. The van der Waals surface area contributed by atoms with Crippen LogP contribution >= 0.6 is 0 Å². The molecule has 0 bridgehead atoms. The molecule has 0 amide bonds. The van der Waals surface area contributed by atoms with Crippen molar-refractivity contribution in [2.24, 2.45) is 5.92 Å². The highest BCUT2D eigenvalue weighted by Crippen LogP contribution is 2.15. The van der Waals surface area contributed by atoms with E-state index >= 15 is 0 Å². The van der Waals surface area contributed by atoms with E-state index in [9.17, 15) is 4.79 Å². The quantitative estimate of drug-likeness (QED) is 0.493. The molecule has 0 radical (unpaired) electrons. The van der Waals surface area contributed by atoms with Crippen LogP contribution in [-0.4, -0.2) is 30.8 Å². The Hall–Kier alpha value is -0.880. The SMILES string of the molecule is N#CCCCCN1CCC(C=O)CC1. The second-order valence-electron chi connectivity index (χ2n) is 3.93. The molecule has 1 fully saturated rings. The van der Waals surface area contributed by atoms with Gasteiger partial charge < -0.3 is 9.69 Å². The number of unbranched alkanes of at least 4 members (excludes halogenated alkanes) is 2. The van der Waals surface area contributed by atoms with E-state index in [1.165, 1.54) is 0 Å². The maximum absolute atomic E-state index is 10.5. The Morgan fingerprint density at radius 2 is 2.07 bits per heavy atom. The van der Waals surface area contributed by atoms with Crippen molar-refractivity contribution in [1.29, 1.82) is 5.26 Å². The van der Waals surface area contributed by atoms with Crippen LogP contribution in [0.4, 0.5) is 0 Å². The van der Waals surface area contributed by atoms with E-state index in [-0.39, 0.29) is 0 Å². The number of nitriles is 1. The van der Waals surface area contributed by atoms with Crippen molar-refractivity contribution in [2.75, 3.05) is 19.6 Å². The molecule has 1 aliphatic heterocycles. The van der Waals surface area contributed by atoms with Crippen LogP contribution in [0.5, 0.6) is 0 Å². The molecule has 0 N–H and O–H groups in total. The number of hydrogen-bond donors (Lipinski definition) is 0. The summed E-state index contributed by atoms with van der Waals surface area (Å²) in [4.78, 5) is 12.9. The Bertz CT molecular complexity index is 202. The number of aldehydes is 1. The smallest absolute Gasteiger partial charge is 0.123 e. The van der Waals surface area contributed by atoms with Gasteiger partial charge in [0.25, 0.3) is 0 Å². The Morgan fingerprint density at radius 3 is 2.64 bits per heavy atom. The van der Waals surface area contributed by atoms with Crippen molar-refractivity contribution in [2.45, 2.75) is 32.1 Å². The fourth-order valence-electron chi connectivity index (χ4n) is 1.85. The summed E-state index contributed by atoms with van der Waals surface area (Å²) in [6, 6.07) is 2.16. The van der Waals surface area contributed by atoms with Gasteiger partial charge >= 0.3 is 0 Å². The van der Waals surface area contributed by atoms with Crippen molar-refractivity contribution in [3.8, 4) is 6.07 Å². The molecule has 0 spiro atoms. The highest BCUT2D eigenvalue weighted by molar-refractivity contribution is 5.53. The van der Waals surface area contributed by atoms with E-state index in [2.05, 4.69) is 11.0 Å². The first kappa shape index (κ1) is 11.2. The van der Waals surface area contributed by atoms with E-state index in [0.29, 0.717) is 12.3 Å². The average Bonchev–Trinajstić information content (AvgIpc) is 2.25. The van der Waals surface area contributed by atoms with Gasteiger partial charge in [0.15, 0.2) is 0 Å². The minimum Gasteiger partial charge on any atom is -0.303 e. The van der Waals surface area contributed by atoms with Gasteiger partial charge in [-0.1, -0.05) is 0 Å². The van der Waals surface area contributed by atoms with Crippen molar-refractivity contribution in [1.82, 2.24) is 4.90 Å². The lowest BCUT2D eigenvalue weighted by atomic mass is 9.98. The van der Waals surface area contributed by atoms with Gasteiger partial charge in [-0.2, -0.15) is 5.26 Å². The lowest BCUT2D eigenvalue weighted by molar-refractivity contribution is -0.112. The van der Waals surface area contributed by atoms with Crippen molar-refractivity contribution >= 4 is 6.29 Å². The van der Waals surface area contributed by atoms with Gasteiger partial charge in [0.1, 0.15) is 6.29 Å². The van der Waals surface area contributed by atoms with Crippen LogP contribution in [0.2, 0.25) is 0 Å². The number of piperidine rings is 1. The summed E-state index contributed by atoms with van der Waals surface area (Å²) in [5, 5.41) is 8.37. The molecule has 3 nitrogen and oxygen atoms in total. The molecule has 0 atom stereocenters. The molecular weight excluding hydrogens is 176 g/mol. The van der Waals surface area contributed by atoms with Crippen molar-refractivity contribution in [3.63, 3.8) is 0 Å². The maximum atomic E-state index is 10.5. The van der Waals surface area contributed by atoms with E-state index in [4.69, 9.17) is 5.26 Å². The monoisotopic (exact) mass is 194 g/mol. The fourth-order valence-corrected chi connectivity index (χ4v) is 1.85. The zero-order valence-corrected chi connectivity index (χ0v) is 8.61. The van der Waals surface area contributed by atoms with Gasteiger partial charge in [0, 0.05) is 12.3 Å². The molecule has 78 valence electrons. The van der Waals surface area contributed by atoms with Crippen LogP contribution < -0.4 is 0 Å². The van der Waals surface area contributed by atoms with Crippen LogP contribution in [-0.2, 0) is 4.79 Å². The predicted molar refractivity (Wildman–Crippen MR) is 54.7 cm³/mol. The van der Waals surface area contributed by atoms with Gasteiger partial charge in [-0.3, -0.25) is 0 Å². The van der Waals surface area contributed by atoms with Crippen LogP contribution in [0, 0.1) is 17.2 Å². The third-order valence-corrected chi connectivity index (χ3v) is 2.84. The van der Waals surface area contributed by atoms with Gasteiger partial charge in [0.2, 0.25) is 0 Å². The van der Waals surface area contributed by atoms with Crippen LogP contribution in [0.25, 0.3) is 0 Å². The molecule has 0 aromatic heterocycles. The van der Waals surface area contributed by atoms with Crippen molar-refractivity contribution < 1.29 is 4.79 Å². The predicted octanol–water partition coefficient (Wildman–Crippen LogP) is 1.59. The largest absolute Gasteiger partial charge is 0.303 e. The molecular formula is C11H18N2O. The molecule has 0 aromatic carbocycles. The molecule has 1 heterocycles. The van der Waals surface area contributed by atoms with Crippen LogP contribution in [0.15, 0.2) is 0 Å². The van der Waals surface area contributed by atoms with Crippen LogP contribution in [0.1, 0.15) is 32.1 Å². The summed E-state index contributed by atoms with van der Waals surface area (Å²) < 4.78 is 0. The van der Waals surface area contributed by atoms with E-state index < -0.39 is 0 Å². The summed E-state index contributed by atoms with van der Waals surface area (Å²) >= 11 is 0. The van der Waals surface area contributed by atoms with Crippen LogP contribution in [0.3, 0.4) is 0 Å². The maximum Gasteiger partial charge on any atom is 0.123 e. The van der Waals surface area contributed by atoms with Gasteiger partial charge in [-0.15, -0.1) is 0 Å². The molecule has 1 aliphatic rings. The second kappa shape index (κ2) is 6.56. The molecule has 0 aliphatic carbocycles. The summed E-state index contributed by atoms with van der Waals surface area (Å²) in [5.41, 5.74) is 0. The molecule has 0 aromatic rings. The highest BCUT2D eigenvalue weighted by atomic mass is 16.1. The van der Waals surface area contributed by atoms with Crippen molar-refractivity contribution in [3.05, 3.63) is 0 Å². The summed E-state index contributed by atoms with van der Waals surface area (Å²) in [7, 11) is 0. The van der Waals surface area contributed by atoms with Gasteiger partial charge in [-0.25, -0.2) is 0 Å². The first-order valence-electron chi connectivity index (χ1n) is 5.41. The molecule has 0 unspecified atom stereocenters. The first-order valence-corrected chi connectivity index (χ1v) is 5.41. The van der Waals surface area contributed by atoms with Gasteiger partial charge in [0.05, 0.1) is 6.07 Å². The Kier molecular flexibility index (Phi) is 5.24. The lowest BCUT2D eigenvalue weighted by Crippen LogP contribution is -2.34. The molecule has 14 heavy (non-hydrogen) atoms. The number of nitrogens with zero attached hydrogens (tertiary/aromatic N) is 2. The molecule has 1 saturated heterocycles. The molecule has 3 heteroatoms. The average molecular weight is 194 g/mol. The van der Waals surface area contributed by atoms with E-state index in [0.717, 1.165) is 51.6 Å². The normalized spacial score (nSPS) is 19.1. The number of carbonyl (C=O) groups is 1. The number of rotatable bonds is 5. The zero-order valence-electron chi connectivity index (χ0n) is 8.61. The standard InChI is InChI=1S/C11H18N2O/c12-6-2-1-3-7-13-8-4-11(10-14)5-9-13/h10-11H,1-5,7-9H2. The fraction of sp³-hybridized carbons (Fsp3) is 0.818. The third kappa shape index (κ3) is 3.89. The summed E-state index contributed by atoms with van der Waals surface area (Å²) in [6.07, 6.45) is 5.91. The second-order valence-corrected chi connectivity index (χ2v) is 3.93. The minimum atomic E-state index is 0.297. The summed E-state index contributed by atoms with van der Waals surface area (Å²) in [5.74, 6) is 0.297. The molecule has 0 saturated carbocycles.